The van der Waals surface area contributed by atoms with E-state index in [0.717, 1.165) is 38.0 Å². The van der Waals surface area contributed by atoms with Gasteiger partial charge in [0, 0.05) is 6.54 Å². The van der Waals surface area contributed by atoms with Crippen molar-refractivity contribution in [1.82, 2.24) is 5.32 Å². The van der Waals surface area contributed by atoms with Crippen LogP contribution in [0.3, 0.4) is 0 Å². The second-order valence-electron chi connectivity index (χ2n) is 3.69. The molecule has 0 heterocycles. The highest BCUT2D eigenvalue weighted by Gasteiger charge is 1.88. The number of phenolic OH excluding ortho intramolecular Hbond substituents is 1. The fraction of sp³-hybridized carbons (Fsp3) is 0.385. The second kappa shape index (κ2) is 7.91. The van der Waals surface area contributed by atoms with Crippen LogP contribution >= 0.6 is 0 Å². The van der Waals surface area contributed by atoms with Gasteiger partial charge in [0.1, 0.15) is 5.75 Å². The molecular formula is C13H20N2O. The summed E-state index contributed by atoms with van der Waals surface area (Å²) in [6, 6.07) is 7.16. The summed E-state index contributed by atoms with van der Waals surface area (Å²) in [5.41, 5.74) is 6.49. The van der Waals surface area contributed by atoms with Crippen molar-refractivity contribution in [2.75, 3.05) is 19.6 Å². The third-order valence-corrected chi connectivity index (χ3v) is 2.27. The number of nitrogens with two attached hydrogens (primary N) is 1. The highest BCUT2D eigenvalue weighted by Crippen LogP contribution is 2.10. The average Bonchev–Trinajstić information content (AvgIpc) is 2.30. The smallest absolute Gasteiger partial charge is 0.115 e. The van der Waals surface area contributed by atoms with Crippen molar-refractivity contribution < 1.29 is 5.11 Å². The van der Waals surface area contributed by atoms with E-state index >= 15 is 0 Å². The predicted octanol–water partition coefficient (Wildman–Crippen LogP) is 1.73. The van der Waals surface area contributed by atoms with E-state index in [1.807, 2.05) is 18.2 Å². The van der Waals surface area contributed by atoms with Crippen molar-refractivity contribution in [3.8, 4) is 5.75 Å². The van der Waals surface area contributed by atoms with Gasteiger partial charge in [0.05, 0.1) is 0 Å². The third kappa shape index (κ3) is 5.53. The van der Waals surface area contributed by atoms with E-state index in [0.29, 0.717) is 5.75 Å². The van der Waals surface area contributed by atoms with Gasteiger partial charge in [-0.3, -0.25) is 0 Å². The van der Waals surface area contributed by atoms with Gasteiger partial charge in [-0.1, -0.05) is 24.3 Å². The Hall–Kier alpha value is -1.32. The van der Waals surface area contributed by atoms with E-state index in [4.69, 9.17) is 10.8 Å². The van der Waals surface area contributed by atoms with Crippen molar-refractivity contribution >= 4 is 6.08 Å². The number of rotatable bonds is 7. The van der Waals surface area contributed by atoms with Gasteiger partial charge in [-0.25, -0.2) is 0 Å². The minimum absolute atomic E-state index is 0.303. The number of hydrogen-bond acceptors (Lipinski definition) is 3. The number of benzene rings is 1. The summed E-state index contributed by atoms with van der Waals surface area (Å²) in [7, 11) is 0. The van der Waals surface area contributed by atoms with Crippen LogP contribution in [-0.4, -0.2) is 24.7 Å². The standard InChI is InChI=1S/C13H20N2O/c14-9-1-2-10-15-11-3-4-12-5-7-13(16)8-6-12/h3-8,15-16H,1-2,9-11,14H2. The fourth-order valence-electron chi connectivity index (χ4n) is 1.36. The minimum Gasteiger partial charge on any atom is -0.508 e. The largest absolute Gasteiger partial charge is 0.508 e. The van der Waals surface area contributed by atoms with E-state index in [2.05, 4.69) is 11.4 Å². The molecule has 0 radical (unpaired) electrons. The van der Waals surface area contributed by atoms with Gasteiger partial charge in [0.15, 0.2) is 0 Å². The Morgan fingerprint density at radius 2 is 1.94 bits per heavy atom. The number of nitrogens with one attached hydrogen (secondary N) is 1. The molecule has 0 amide bonds. The van der Waals surface area contributed by atoms with E-state index in [-0.39, 0.29) is 0 Å². The topological polar surface area (TPSA) is 58.3 Å². The lowest BCUT2D eigenvalue weighted by Gasteiger charge is -1.99. The summed E-state index contributed by atoms with van der Waals surface area (Å²) in [6.45, 7) is 2.65. The molecule has 0 atom stereocenters. The normalized spacial score (nSPS) is 11.1. The molecule has 0 aliphatic heterocycles. The molecule has 3 heteroatoms. The molecule has 0 fully saturated rings. The number of aromatic hydroxyl groups is 1. The molecule has 0 aliphatic carbocycles. The van der Waals surface area contributed by atoms with Crippen LogP contribution in [0.4, 0.5) is 0 Å². The maximum atomic E-state index is 9.10. The molecular weight excluding hydrogens is 200 g/mol. The first kappa shape index (κ1) is 12.7. The highest BCUT2D eigenvalue weighted by molar-refractivity contribution is 5.50. The van der Waals surface area contributed by atoms with E-state index in [1.54, 1.807) is 12.1 Å². The Bertz CT molecular complexity index is 306. The van der Waals surface area contributed by atoms with E-state index < -0.39 is 0 Å². The van der Waals surface area contributed by atoms with Gasteiger partial charge in [0.25, 0.3) is 0 Å². The summed E-state index contributed by atoms with van der Waals surface area (Å²) in [6.07, 6.45) is 6.32. The molecule has 1 aromatic rings. The van der Waals surface area contributed by atoms with Gasteiger partial charge in [-0.05, 0) is 43.6 Å². The zero-order valence-electron chi connectivity index (χ0n) is 9.52. The molecule has 1 aromatic carbocycles. The fourth-order valence-corrected chi connectivity index (χ4v) is 1.36. The molecule has 0 spiro atoms. The first-order valence-electron chi connectivity index (χ1n) is 5.69. The lowest BCUT2D eigenvalue weighted by atomic mass is 10.2. The van der Waals surface area contributed by atoms with Crippen LogP contribution in [0.25, 0.3) is 6.08 Å². The molecule has 0 bridgehead atoms. The van der Waals surface area contributed by atoms with Crippen LogP contribution in [0.2, 0.25) is 0 Å². The third-order valence-electron chi connectivity index (χ3n) is 2.27. The molecule has 4 N–H and O–H groups in total. The molecule has 1 rings (SSSR count). The Morgan fingerprint density at radius 3 is 2.62 bits per heavy atom. The van der Waals surface area contributed by atoms with Crippen molar-refractivity contribution in [1.29, 1.82) is 0 Å². The summed E-state index contributed by atoms with van der Waals surface area (Å²) >= 11 is 0. The van der Waals surface area contributed by atoms with E-state index in [9.17, 15) is 0 Å². The Kier molecular flexibility index (Phi) is 6.30. The zero-order valence-corrected chi connectivity index (χ0v) is 9.52. The molecule has 3 nitrogen and oxygen atoms in total. The van der Waals surface area contributed by atoms with Gasteiger partial charge < -0.3 is 16.2 Å². The maximum absolute atomic E-state index is 9.10. The molecule has 0 saturated heterocycles. The Morgan fingerprint density at radius 1 is 1.19 bits per heavy atom. The average molecular weight is 220 g/mol. The van der Waals surface area contributed by atoms with Crippen LogP contribution in [0.15, 0.2) is 30.3 Å². The summed E-state index contributed by atoms with van der Waals surface area (Å²) < 4.78 is 0. The summed E-state index contributed by atoms with van der Waals surface area (Å²) in [5, 5.41) is 12.4. The monoisotopic (exact) mass is 220 g/mol. The van der Waals surface area contributed by atoms with Crippen molar-refractivity contribution in [3.05, 3.63) is 35.9 Å². The van der Waals surface area contributed by atoms with Crippen LogP contribution in [0.5, 0.6) is 5.75 Å². The van der Waals surface area contributed by atoms with Gasteiger partial charge >= 0.3 is 0 Å². The highest BCUT2D eigenvalue weighted by atomic mass is 16.3. The van der Waals surface area contributed by atoms with Gasteiger partial charge in [-0.15, -0.1) is 0 Å². The lowest BCUT2D eigenvalue weighted by molar-refractivity contribution is 0.475. The first-order chi connectivity index (χ1) is 7.83. The molecule has 0 aromatic heterocycles. The maximum Gasteiger partial charge on any atom is 0.115 e. The molecule has 0 aliphatic rings. The predicted molar refractivity (Wildman–Crippen MR) is 68.3 cm³/mol. The van der Waals surface area contributed by atoms with Crippen molar-refractivity contribution in [2.45, 2.75) is 12.8 Å². The number of unbranched alkanes of at least 4 members (excludes halogenated alkanes) is 1. The van der Waals surface area contributed by atoms with Crippen LogP contribution in [0, 0.1) is 0 Å². The quantitative estimate of drug-likeness (QED) is 0.613. The molecule has 0 unspecified atom stereocenters. The summed E-state index contributed by atoms with van der Waals surface area (Å²) in [5.74, 6) is 0.303. The molecule has 0 saturated carbocycles. The molecule has 88 valence electrons. The van der Waals surface area contributed by atoms with Crippen molar-refractivity contribution in [2.24, 2.45) is 5.73 Å². The van der Waals surface area contributed by atoms with Crippen LogP contribution in [-0.2, 0) is 0 Å². The molecule has 16 heavy (non-hydrogen) atoms. The van der Waals surface area contributed by atoms with Crippen LogP contribution in [0.1, 0.15) is 18.4 Å². The SMILES string of the molecule is NCCCCNCC=Cc1ccc(O)cc1. The lowest BCUT2D eigenvalue weighted by Crippen LogP contribution is -2.15. The second-order valence-corrected chi connectivity index (χ2v) is 3.69. The van der Waals surface area contributed by atoms with Crippen molar-refractivity contribution in [3.63, 3.8) is 0 Å². The van der Waals surface area contributed by atoms with Crippen LogP contribution < -0.4 is 11.1 Å². The zero-order chi connectivity index (χ0) is 11.6. The van der Waals surface area contributed by atoms with Gasteiger partial charge in [-0.2, -0.15) is 0 Å². The van der Waals surface area contributed by atoms with E-state index in [1.165, 1.54) is 0 Å². The Balaban J connectivity index is 2.14. The minimum atomic E-state index is 0.303. The Labute approximate surface area is 97.0 Å². The number of phenols is 1. The number of hydrogen-bond donors (Lipinski definition) is 3. The first-order valence-corrected chi connectivity index (χ1v) is 5.69. The van der Waals surface area contributed by atoms with Gasteiger partial charge in [0.2, 0.25) is 0 Å². The summed E-state index contributed by atoms with van der Waals surface area (Å²) in [4.78, 5) is 0.